The van der Waals surface area contributed by atoms with E-state index in [0.29, 0.717) is 17.9 Å². The quantitative estimate of drug-likeness (QED) is 0.818. The molecule has 0 aliphatic carbocycles. The van der Waals surface area contributed by atoms with E-state index in [4.69, 9.17) is 4.74 Å². The van der Waals surface area contributed by atoms with Crippen molar-refractivity contribution in [2.45, 2.75) is 6.61 Å². The topological polar surface area (TPSA) is 46.5 Å². The molecule has 0 aromatic heterocycles. The fraction of sp³-hybridized carbons (Fsp3) is 0.0714. The Labute approximate surface area is 99.3 Å². The number of benzene rings is 2. The normalized spacial score (nSPS) is 9.88. The van der Waals surface area contributed by atoms with Crippen LogP contribution in [0.15, 0.2) is 48.5 Å². The predicted octanol–water partition coefficient (Wildman–Crippen LogP) is 2.78. The van der Waals surface area contributed by atoms with Gasteiger partial charge in [0.25, 0.3) is 0 Å². The first-order valence-corrected chi connectivity index (χ1v) is 5.24. The van der Waals surface area contributed by atoms with Gasteiger partial charge in [-0.05, 0) is 29.8 Å². The maximum atomic E-state index is 10.8. The molecule has 86 valence electrons. The Bertz CT molecular complexity index is 520. The summed E-state index contributed by atoms with van der Waals surface area (Å²) in [4.78, 5) is 10.8. The van der Waals surface area contributed by atoms with Crippen LogP contribution < -0.4 is 4.74 Å². The highest BCUT2D eigenvalue weighted by atomic mass is 16.5. The van der Waals surface area contributed by atoms with Gasteiger partial charge in [-0.1, -0.05) is 24.3 Å². The second-order valence-corrected chi connectivity index (χ2v) is 3.61. The minimum Gasteiger partial charge on any atom is -0.508 e. The average Bonchev–Trinajstić information content (AvgIpc) is 2.37. The molecule has 0 saturated heterocycles. The third-order valence-corrected chi connectivity index (χ3v) is 2.35. The number of phenols is 1. The van der Waals surface area contributed by atoms with Gasteiger partial charge < -0.3 is 9.84 Å². The zero-order chi connectivity index (χ0) is 12.1. The van der Waals surface area contributed by atoms with Crippen LogP contribution in [0, 0.1) is 0 Å². The maximum Gasteiger partial charge on any atom is 0.153 e. The Morgan fingerprint density at radius 2 is 1.94 bits per heavy atom. The molecule has 2 rings (SSSR count). The summed E-state index contributed by atoms with van der Waals surface area (Å²) in [6.45, 7) is 0.319. The summed E-state index contributed by atoms with van der Waals surface area (Å²) in [6, 6.07) is 13.9. The van der Waals surface area contributed by atoms with Crippen LogP contribution in [0.25, 0.3) is 0 Å². The Kier molecular flexibility index (Phi) is 3.40. The maximum absolute atomic E-state index is 10.8. The highest BCUT2D eigenvalue weighted by Gasteiger charge is 2.02. The van der Waals surface area contributed by atoms with E-state index in [9.17, 15) is 9.90 Å². The van der Waals surface area contributed by atoms with E-state index < -0.39 is 0 Å². The number of hydrogen-bond acceptors (Lipinski definition) is 3. The third kappa shape index (κ3) is 2.84. The monoisotopic (exact) mass is 228 g/mol. The molecule has 0 bridgehead atoms. The van der Waals surface area contributed by atoms with Crippen LogP contribution in [-0.4, -0.2) is 11.4 Å². The summed E-state index contributed by atoms with van der Waals surface area (Å²) in [5.41, 5.74) is 1.37. The van der Waals surface area contributed by atoms with Gasteiger partial charge >= 0.3 is 0 Å². The molecule has 0 unspecified atom stereocenters. The molecule has 0 aliphatic heterocycles. The molecule has 0 saturated carbocycles. The summed E-state index contributed by atoms with van der Waals surface area (Å²) >= 11 is 0. The van der Waals surface area contributed by atoms with E-state index in [1.165, 1.54) is 0 Å². The van der Waals surface area contributed by atoms with Crippen LogP contribution in [0.1, 0.15) is 15.9 Å². The van der Waals surface area contributed by atoms with Gasteiger partial charge in [-0.15, -0.1) is 0 Å². The second kappa shape index (κ2) is 5.16. The van der Waals surface area contributed by atoms with Gasteiger partial charge in [-0.2, -0.15) is 0 Å². The number of carbonyl (C=O) groups excluding carboxylic acids is 1. The van der Waals surface area contributed by atoms with Crippen molar-refractivity contribution >= 4 is 6.29 Å². The summed E-state index contributed by atoms with van der Waals surface area (Å²) in [7, 11) is 0. The van der Waals surface area contributed by atoms with Gasteiger partial charge in [-0.25, -0.2) is 0 Å². The molecule has 0 aliphatic rings. The molecule has 0 atom stereocenters. The third-order valence-electron chi connectivity index (χ3n) is 2.35. The molecule has 3 nitrogen and oxygen atoms in total. The number of para-hydroxylation sites is 1. The summed E-state index contributed by atoms with van der Waals surface area (Å²) < 4.78 is 5.53. The Morgan fingerprint density at radius 1 is 1.12 bits per heavy atom. The molecule has 0 spiro atoms. The van der Waals surface area contributed by atoms with E-state index >= 15 is 0 Å². The molecule has 1 N–H and O–H groups in total. The highest BCUT2D eigenvalue weighted by Crippen LogP contribution is 2.18. The molecule has 2 aromatic rings. The van der Waals surface area contributed by atoms with Crippen LogP contribution >= 0.6 is 0 Å². The van der Waals surface area contributed by atoms with Crippen LogP contribution in [0.2, 0.25) is 0 Å². The van der Waals surface area contributed by atoms with Gasteiger partial charge in [0.1, 0.15) is 18.1 Å². The number of aromatic hydroxyl groups is 1. The average molecular weight is 228 g/mol. The molecule has 17 heavy (non-hydrogen) atoms. The SMILES string of the molecule is O=Cc1ccccc1OCc1cccc(O)c1. The van der Waals surface area contributed by atoms with E-state index in [1.807, 2.05) is 12.1 Å². The summed E-state index contributed by atoms with van der Waals surface area (Å²) in [6.07, 6.45) is 0.762. The van der Waals surface area contributed by atoms with Crippen molar-refractivity contribution < 1.29 is 14.6 Å². The number of phenolic OH excluding ortho intramolecular Hbond substituents is 1. The van der Waals surface area contributed by atoms with Crippen LogP contribution in [-0.2, 0) is 6.61 Å². The Balaban J connectivity index is 2.09. The summed E-state index contributed by atoms with van der Waals surface area (Å²) in [5, 5.41) is 9.30. The fourth-order valence-corrected chi connectivity index (χ4v) is 1.52. The number of carbonyl (C=O) groups is 1. The van der Waals surface area contributed by atoms with Crippen molar-refractivity contribution in [1.29, 1.82) is 0 Å². The lowest BCUT2D eigenvalue weighted by atomic mass is 10.2. The summed E-state index contributed by atoms with van der Waals surface area (Å²) in [5.74, 6) is 0.751. The molecule has 3 heteroatoms. The first kappa shape index (κ1) is 11.2. The van der Waals surface area contributed by atoms with Gasteiger partial charge in [0, 0.05) is 0 Å². The molecular formula is C14H12O3. The molecule has 0 amide bonds. The van der Waals surface area contributed by atoms with Crippen LogP contribution in [0.3, 0.4) is 0 Å². The van der Waals surface area contributed by atoms with Gasteiger partial charge in [0.05, 0.1) is 5.56 Å². The lowest BCUT2D eigenvalue weighted by Crippen LogP contribution is -1.97. The molecule has 2 aromatic carbocycles. The molecule has 0 fully saturated rings. The zero-order valence-electron chi connectivity index (χ0n) is 9.17. The Hall–Kier alpha value is -2.29. The standard InChI is InChI=1S/C14H12O3/c15-9-12-5-1-2-7-14(12)17-10-11-4-3-6-13(16)8-11/h1-9,16H,10H2. The number of aldehydes is 1. The molecule has 0 heterocycles. The first-order chi connectivity index (χ1) is 8.29. The van der Waals surface area contributed by atoms with Crippen LogP contribution in [0.4, 0.5) is 0 Å². The van der Waals surface area contributed by atoms with E-state index in [2.05, 4.69) is 0 Å². The number of rotatable bonds is 4. The lowest BCUT2D eigenvalue weighted by Gasteiger charge is -2.08. The van der Waals surface area contributed by atoms with Crippen molar-refractivity contribution in [3.05, 3.63) is 59.7 Å². The Morgan fingerprint density at radius 3 is 2.71 bits per heavy atom. The van der Waals surface area contributed by atoms with E-state index in [1.54, 1.807) is 36.4 Å². The van der Waals surface area contributed by atoms with Crippen LogP contribution in [0.5, 0.6) is 11.5 Å². The highest BCUT2D eigenvalue weighted by molar-refractivity contribution is 5.79. The number of ether oxygens (including phenoxy) is 1. The second-order valence-electron chi connectivity index (χ2n) is 3.61. The predicted molar refractivity (Wildman–Crippen MR) is 64.3 cm³/mol. The largest absolute Gasteiger partial charge is 0.508 e. The van der Waals surface area contributed by atoms with Crippen molar-refractivity contribution in [2.24, 2.45) is 0 Å². The fourth-order valence-electron chi connectivity index (χ4n) is 1.52. The lowest BCUT2D eigenvalue weighted by molar-refractivity contribution is 0.111. The van der Waals surface area contributed by atoms with E-state index in [-0.39, 0.29) is 5.75 Å². The van der Waals surface area contributed by atoms with Crippen molar-refractivity contribution in [1.82, 2.24) is 0 Å². The van der Waals surface area contributed by atoms with Crippen molar-refractivity contribution in [2.75, 3.05) is 0 Å². The number of hydrogen-bond donors (Lipinski definition) is 1. The van der Waals surface area contributed by atoms with Crippen molar-refractivity contribution in [3.63, 3.8) is 0 Å². The minimum absolute atomic E-state index is 0.203. The smallest absolute Gasteiger partial charge is 0.153 e. The van der Waals surface area contributed by atoms with Gasteiger partial charge in [0.2, 0.25) is 0 Å². The molecule has 0 radical (unpaired) electrons. The zero-order valence-corrected chi connectivity index (χ0v) is 9.17. The van der Waals surface area contributed by atoms with E-state index in [0.717, 1.165) is 11.8 Å². The minimum atomic E-state index is 0.203. The van der Waals surface area contributed by atoms with Crippen molar-refractivity contribution in [3.8, 4) is 11.5 Å². The van der Waals surface area contributed by atoms with Gasteiger partial charge in [-0.3, -0.25) is 4.79 Å². The molecular weight excluding hydrogens is 216 g/mol. The first-order valence-electron chi connectivity index (χ1n) is 5.24. The van der Waals surface area contributed by atoms with Gasteiger partial charge in [0.15, 0.2) is 6.29 Å².